The Kier molecular flexibility index (Phi) is 7.44. The van der Waals surface area contributed by atoms with Gasteiger partial charge in [-0.3, -0.25) is 9.78 Å². The Morgan fingerprint density at radius 2 is 1.91 bits per heavy atom. The zero-order valence-corrected chi connectivity index (χ0v) is 26.3. The van der Waals surface area contributed by atoms with Gasteiger partial charge in [0.15, 0.2) is 5.82 Å². The second-order valence-electron chi connectivity index (χ2n) is 12.7. The zero-order chi connectivity index (χ0) is 32.1. The van der Waals surface area contributed by atoms with Crippen LogP contribution in [0.4, 0.5) is 4.39 Å². The number of hydrogen-bond donors (Lipinski definition) is 1. The first-order valence-electron chi connectivity index (χ1n) is 16.2. The quantitative estimate of drug-likeness (QED) is 0.251. The number of fused-ring (bicyclic) bond motifs is 11. The van der Waals surface area contributed by atoms with Gasteiger partial charge in [0.1, 0.15) is 23.1 Å². The predicted molar refractivity (Wildman–Crippen MR) is 180 cm³/mol. The van der Waals surface area contributed by atoms with E-state index >= 15 is 0 Å². The standard InChI is InChI=1S/C37H36FN7O2/c1-47-33-16-26(37(46)43-21-28(38)17-29(39)22-43)14-31-34(33)45-20-23-13-27(19-40-18-23)30-10-3-2-7-24(30)8-4-5-12-44-32(36(45)42-31)15-25-9-6-11-41-35(25)44/h2-3,6-7,9-11,13-16,18-19,28-29H,4-5,8,12,17,20-22,39H2,1H3/t28-,29-/m1/s1. The number of methoxy groups -OCH3 is 1. The molecule has 47 heavy (non-hydrogen) atoms. The van der Waals surface area contributed by atoms with Crippen LogP contribution >= 0.6 is 0 Å². The van der Waals surface area contributed by atoms with Gasteiger partial charge >= 0.3 is 0 Å². The third-order valence-corrected chi connectivity index (χ3v) is 9.42. The molecule has 1 amide bonds. The maximum Gasteiger partial charge on any atom is 0.254 e. The first-order chi connectivity index (χ1) is 23.0. The lowest BCUT2D eigenvalue weighted by atomic mass is 9.96. The Balaban J connectivity index is 1.34. The number of piperidine rings is 1. The first kappa shape index (κ1) is 29.3. The van der Waals surface area contributed by atoms with E-state index in [1.807, 2.05) is 24.7 Å². The number of pyridine rings is 2. The van der Waals surface area contributed by atoms with E-state index in [0.717, 1.165) is 65.0 Å². The van der Waals surface area contributed by atoms with Crippen molar-refractivity contribution >= 4 is 28.0 Å². The number of hydrogen-bond acceptors (Lipinski definition) is 6. The number of aryl methyl sites for hydroxylation is 2. The van der Waals surface area contributed by atoms with Gasteiger partial charge in [-0.2, -0.15) is 0 Å². The highest BCUT2D eigenvalue weighted by Crippen LogP contribution is 2.37. The number of carbonyl (C=O) groups is 1. The molecule has 1 saturated heterocycles. The number of ether oxygens (including phenoxy) is 1. The van der Waals surface area contributed by atoms with Crippen molar-refractivity contribution in [3.63, 3.8) is 0 Å². The molecule has 2 bridgehead atoms. The number of alkyl halides is 1. The van der Waals surface area contributed by atoms with Crippen LogP contribution in [0.15, 0.2) is 79.3 Å². The molecule has 8 rings (SSSR count). The number of likely N-dealkylation sites (tertiary alicyclic amines) is 1. The summed E-state index contributed by atoms with van der Waals surface area (Å²) in [6, 6.07) is 20.1. The van der Waals surface area contributed by atoms with Crippen LogP contribution in [0.25, 0.3) is 44.7 Å². The van der Waals surface area contributed by atoms with Crippen molar-refractivity contribution in [3.8, 4) is 28.4 Å². The van der Waals surface area contributed by atoms with Crippen molar-refractivity contribution in [2.45, 2.75) is 51.0 Å². The van der Waals surface area contributed by atoms with Gasteiger partial charge in [-0.05, 0) is 78.8 Å². The van der Waals surface area contributed by atoms with Crippen molar-refractivity contribution < 1.29 is 13.9 Å². The van der Waals surface area contributed by atoms with Crippen molar-refractivity contribution in [3.05, 3.63) is 95.9 Å². The predicted octanol–water partition coefficient (Wildman–Crippen LogP) is 6.02. The fraction of sp³-hybridized carbons (Fsp3) is 0.297. The molecule has 0 saturated carbocycles. The van der Waals surface area contributed by atoms with E-state index in [4.69, 9.17) is 20.4 Å². The summed E-state index contributed by atoms with van der Waals surface area (Å²) >= 11 is 0. The maximum atomic E-state index is 14.4. The molecule has 9 nitrogen and oxygen atoms in total. The molecule has 2 aliphatic rings. The summed E-state index contributed by atoms with van der Waals surface area (Å²) in [4.78, 5) is 29.9. The molecule has 2 aliphatic heterocycles. The van der Waals surface area contributed by atoms with E-state index in [1.165, 1.54) is 16.0 Å². The highest BCUT2D eigenvalue weighted by Gasteiger charge is 2.30. The number of imidazole rings is 1. The normalized spacial score (nSPS) is 18.3. The van der Waals surface area contributed by atoms with Crippen molar-refractivity contribution in [2.75, 3.05) is 20.2 Å². The van der Waals surface area contributed by atoms with E-state index in [9.17, 15) is 9.18 Å². The minimum atomic E-state index is -1.15. The van der Waals surface area contributed by atoms with Gasteiger partial charge in [0.25, 0.3) is 5.91 Å². The first-order valence-corrected chi connectivity index (χ1v) is 16.2. The average molecular weight is 630 g/mol. The molecular formula is C37H36FN7O2. The van der Waals surface area contributed by atoms with E-state index in [1.54, 1.807) is 19.2 Å². The zero-order valence-electron chi connectivity index (χ0n) is 26.3. The SMILES string of the molecule is COc1cc(C(=O)N2C[C@H](N)C[C@@H](F)C2)cc2nc3n(c12)Cc1cncc(c1)-c1ccccc1CCCCn1c-3cc2cccnc21. The molecule has 238 valence electrons. The number of rotatable bonds is 2. The van der Waals surface area contributed by atoms with Gasteiger partial charge in [0.2, 0.25) is 0 Å². The molecule has 0 unspecified atom stereocenters. The molecule has 1 fully saturated rings. The summed E-state index contributed by atoms with van der Waals surface area (Å²) in [5.74, 6) is 0.970. The molecule has 2 atom stereocenters. The highest BCUT2D eigenvalue weighted by atomic mass is 19.1. The van der Waals surface area contributed by atoms with Gasteiger partial charge in [0.05, 0.1) is 31.4 Å². The Hall–Kier alpha value is -5.09. The van der Waals surface area contributed by atoms with E-state index in [-0.39, 0.29) is 18.9 Å². The van der Waals surface area contributed by atoms with Crippen LogP contribution in [-0.4, -0.2) is 67.3 Å². The van der Waals surface area contributed by atoms with Gasteiger partial charge in [0, 0.05) is 54.2 Å². The number of carbonyl (C=O) groups excluding carboxylic acids is 1. The second kappa shape index (κ2) is 11.9. The third kappa shape index (κ3) is 5.32. The number of nitrogens with two attached hydrogens (primary N) is 1. The Labute approximate surface area is 271 Å². The fourth-order valence-corrected chi connectivity index (χ4v) is 7.29. The van der Waals surface area contributed by atoms with Crippen molar-refractivity contribution in [1.29, 1.82) is 0 Å². The van der Waals surface area contributed by atoms with Gasteiger partial charge in [-0.15, -0.1) is 0 Å². The number of halogens is 1. The minimum absolute atomic E-state index is 0.0200. The van der Waals surface area contributed by atoms with Gasteiger partial charge in [-0.25, -0.2) is 14.4 Å². The third-order valence-electron chi connectivity index (χ3n) is 9.42. The monoisotopic (exact) mass is 629 g/mol. The van der Waals surface area contributed by atoms with Crippen molar-refractivity contribution in [1.82, 2.24) is 29.0 Å². The topological polar surface area (TPSA) is 104 Å². The Bertz CT molecular complexity index is 2130. The molecule has 2 N–H and O–H groups in total. The number of nitrogens with zero attached hydrogens (tertiary/aromatic N) is 6. The average Bonchev–Trinajstić information content (AvgIpc) is 3.63. The fourth-order valence-electron chi connectivity index (χ4n) is 7.29. The van der Waals surface area contributed by atoms with Crippen LogP contribution in [0.2, 0.25) is 0 Å². The van der Waals surface area contributed by atoms with E-state index in [0.29, 0.717) is 29.9 Å². The molecule has 6 aromatic rings. The van der Waals surface area contributed by atoms with Crippen LogP contribution in [0, 0.1) is 0 Å². The summed E-state index contributed by atoms with van der Waals surface area (Å²) in [5.41, 5.74) is 14.3. The summed E-state index contributed by atoms with van der Waals surface area (Å²) < 4.78 is 24.8. The van der Waals surface area contributed by atoms with Crippen LogP contribution in [0.5, 0.6) is 5.75 Å². The molecule has 10 heteroatoms. The molecule has 0 radical (unpaired) electrons. The summed E-state index contributed by atoms with van der Waals surface area (Å²) in [7, 11) is 1.60. The lowest BCUT2D eigenvalue weighted by molar-refractivity contribution is 0.0606. The highest BCUT2D eigenvalue weighted by molar-refractivity contribution is 6.00. The number of benzene rings is 2. The van der Waals surface area contributed by atoms with Crippen LogP contribution in [0.1, 0.15) is 40.7 Å². The van der Waals surface area contributed by atoms with E-state index in [2.05, 4.69) is 56.6 Å². The van der Waals surface area contributed by atoms with E-state index < -0.39 is 12.2 Å². The summed E-state index contributed by atoms with van der Waals surface area (Å²) in [6.07, 6.45) is 7.67. The van der Waals surface area contributed by atoms with Crippen molar-refractivity contribution in [2.24, 2.45) is 5.73 Å². The van der Waals surface area contributed by atoms with Crippen LogP contribution in [0.3, 0.4) is 0 Å². The second-order valence-corrected chi connectivity index (χ2v) is 12.7. The lowest BCUT2D eigenvalue weighted by Crippen LogP contribution is -2.50. The lowest BCUT2D eigenvalue weighted by Gasteiger charge is -2.33. The van der Waals surface area contributed by atoms with Crippen LogP contribution < -0.4 is 10.5 Å². The molecule has 0 aliphatic carbocycles. The van der Waals surface area contributed by atoms with Gasteiger partial charge in [-0.1, -0.05) is 24.3 Å². The molecule has 6 heterocycles. The molecule has 0 spiro atoms. The minimum Gasteiger partial charge on any atom is -0.494 e. The number of amides is 1. The molecule has 4 aromatic heterocycles. The number of aromatic nitrogens is 5. The largest absolute Gasteiger partial charge is 0.494 e. The van der Waals surface area contributed by atoms with Gasteiger partial charge < -0.3 is 24.5 Å². The van der Waals surface area contributed by atoms with Crippen LogP contribution in [-0.2, 0) is 19.5 Å². The summed E-state index contributed by atoms with van der Waals surface area (Å²) in [6.45, 7) is 1.57. The smallest absolute Gasteiger partial charge is 0.254 e. The maximum absolute atomic E-state index is 14.4. The molecule has 2 aromatic carbocycles. The summed E-state index contributed by atoms with van der Waals surface area (Å²) in [5, 5.41) is 1.03. The molecular weight excluding hydrogens is 593 g/mol. The Morgan fingerprint density at radius 3 is 2.79 bits per heavy atom. The Morgan fingerprint density at radius 1 is 1.02 bits per heavy atom.